The summed E-state index contributed by atoms with van der Waals surface area (Å²) in [7, 11) is 3.65. The largest absolute Gasteiger partial charge is 0.349 e. The van der Waals surface area contributed by atoms with Crippen LogP contribution in [0.5, 0.6) is 0 Å². The van der Waals surface area contributed by atoms with E-state index in [1.807, 2.05) is 14.1 Å². The van der Waals surface area contributed by atoms with E-state index in [2.05, 4.69) is 9.80 Å². The van der Waals surface area contributed by atoms with Crippen LogP contribution in [0.1, 0.15) is 51.4 Å². The monoisotopic (exact) mass is 321 g/mol. The molecule has 0 N–H and O–H groups in total. The summed E-state index contributed by atoms with van der Waals surface area (Å²) in [6.45, 7) is 2.30. The minimum Gasteiger partial charge on any atom is -0.349 e. The highest BCUT2D eigenvalue weighted by atomic mass is 16.2. The molecule has 2 saturated carbocycles. The average molecular weight is 321 g/mol. The van der Waals surface area contributed by atoms with Crippen molar-refractivity contribution in [2.45, 2.75) is 63.5 Å². The molecule has 5 nitrogen and oxygen atoms in total. The molecular formula is C18H31N3O2. The number of piperidine rings is 1. The topological polar surface area (TPSA) is 43.9 Å². The van der Waals surface area contributed by atoms with Crippen molar-refractivity contribution < 1.29 is 9.59 Å². The molecule has 2 amide bonds. The van der Waals surface area contributed by atoms with Gasteiger partial charge in [-0.05, 0) is 51.6 Å². The summed E-state index contributed by atoms with van der Waals surface area (Å²) in [4.78, 5) is 31.0. The molecular weight excluding hydrogens is 290 g/mol. The predicted octanol–water partition coefficient (Wildman–Crippen LogP) is 1.72. The Bertz CT molecular complexity index is 434. The van der Waals surface area contributed by atoms with Crippen molar-refractivity contribution >= 4 is 11.8 Å². The van der Waals surface area contributed by atoms with Gasteiger partial charge in [0.25, 0.3) is 0 Å². The molecule has 130 valence electrons. The molecule has 0 aromatic carbocycles. The minimum atomic E-state index is 0.144. The van der Waals surface area contributed by atoms with Crippen LogP contribution in [-0.2, 0) is 9.59 Å². The molecule has 1 heterocycles. The van der Waals surface area contributed by atoms with Crippen LogP contribution in [0.25, 0.3) is 0 Å². The Labute approximate surface area is 140 Å². The maximum atomic E-state index is 12.8. The molecule has 1 aliphatic heterocycles. The van der Waals surface area contributed by atoms with Crippen molar-refractivity contribution in [3.63, 3.8) is 0 Å². The molecule has 0 aromatic heterocycles. The summed E-state index contributed by atoms with van der Waals surface area (Å²) in [6, 6.07) is 1.03. The van der Waals surface area contributed by atoms with E-state index in [0.29, 0.717) is 24.5 Å². The zero-order valence-electron chi connectivity index (χ0n) is 14.7. The Morgan fingerprint density at radius 2 is 1.48 bits per heavy atom. The molecule has 3 rings (SSSR count). The number of nitrogens with zero attached hydrogens (tertiary/aromatic N) is 3. The zero-order valence-corrected chi connectivity index (χ0v) is 14.7. The summed E-state index contributed by atoms with van der Waals surface area (Å²) >= 11 is 0. The third kappa shape index (κ3) is 4.06. The van der Waals surface area contributed by atoms with Crippen molar-refractivity contribution in [1.82, 2.24) is 14.7 Å². The minimum absolute atomic E-state index is 0.144. The van der Waals surface area contributed by atoms with Crippen LogP contribution >= 0.6 is 0 Å². The van der Waals surface area contributed by atoms with Gasteiger partial charge in [-0.1, -0.05) is 12.8 Å². The standard InChI is InChI=1S/C18H31N3O2/c1-19(2)18(23)14-9-11-20(12-10-14)13-17(22)21(16-7-8-16)15-5-3-4-6-15/h14-16H,3-13H2,1-2H3. The van der Waals surface area contributed by atoms with Crippen LogP contribution in [0.3, 0.4) is 0 Å². The Kier molecular flexibility index (Phi) is 5.24. The molecule has 3 aliphatic rings. The molecule has 5 heteroatoms. The fourth-order valence-electron chi connectivity index (χ4n) is 4.22. The van der Waals surface area contributed by atoms with Crippen molar-refractivity contribution in [1.29, 1.82) is 0 Å². The van der Waals surface area contributed by atoms with Crippen LogP contribution in [0, 0.1) is 5.92 Å². The quantitative estimate of drug-likeness (QED) is 0.774. The van der Waals surface area contributed by atoms with Gasteiger partial charge in [0, 0.05) is 32.1 Å². The number of hydrogen-bond acceptors (Lipinski definition) is 3. The van der Waals surface area contributed by atoms with Gasteiger partial charge < -0.3 is 9.80 Å². The van der Waals surface area contributed by atoms with E-state index < -0.39 is 0 Å². The van der Waals surface area contributed by atoms with Gasteiger partial charge in [-0.25, -0.2) is 0 Å². The van der Waals surface area contributed by atoms with Crippen LogP contribution in [0.4, 0.5) is 0 Å². The lowest BCUT2D eigenvalue weighted by molar-refractivity contribution is -0.136. The average Bonchev–Trinajstić information content (AvgIpc) is 3.21. The van der Waals surface area contributed by atoms with Gasteiger partial charge in [-0.15, -0.1) is 0 Å². The predicted molar refractivity (Wildman–Crippen MR) is 90.0 cm³/mol. The van der Waals surface area contributed by atoms with E-state index in [4.69, 9.17) is 0 Å². The number of amides is 2. The molecule has 0 radical (unpaired) electrons. The van der Waals surface area contributed by atoms with Crippen LogP contribution in [-0.4, -0.2) is 72.3 Å². The van der Waals surface area contributed by atoms with E-state index in [-0.39, 0.29) is 11.8 Å². The van der Waals surface area contributed by atoms with Gasteiger partial charge in [-0.2, -0.15) is 0 Å². The molecule has 2 aliphatic carbocycles. The number of hydrogen-bond donors (Lipinski definition) is 0. The molecule has 3 fully saturated rings. The van der Waals surface area contributed by atoms with Crippen molar-refractivity contribution in [2.24, 2.45) is 5.92 Å². The summed E-state index contributed by atoms with van der Waals surface area (Å²) in [5.74, 6) is 0.712. The number of likely N-dealkylation sites (tertiary alicyclic amines) is 1. The molecule has 0 aromatic rings. The first kappa shape index (κ1) is 16.7. The van der Waals surface area contributed by atoms with Crippen molar-refractivity contribution in [3.05, 3.63) is 0 Å². The highest BCUT2D eigenvalue weighted by Gasteiger charge is 2.39. The van der Waals surface area contributed by atoms with Crippen LogP contribution in [0.2, 0.25) is 0 Å². The second-order valence-electron chi connectivity index (χ2n) is 7.75. The number of carbonyl (C=O) groups excluding carboxylic acids is 2. The Balaban J connectivity index is 1.49. The van der Waals surface area contributed by atoms with E-state index in [0.717, 1.165) is 25.9 Å². The van der Waals surface area contributed by atoms with Gasteiger partial charge >= 0.3 is 0 Å². The van der Waals surface area contributed by atoms with Crippen LogP contribution < -0.4 is 0 Å². The first-order valence-corrected chi connectivity index (χ1v) is 9.31. The normalized spacial score (nSPS) is 23.9. The zero-order chi connectivity index (χ0) is 16.4. The lowest BCUT2D eigenvalue weighted by atomic mass is 9.95. The Morgan fingerprint density at radius 1 is 0.913 bits per heavy atom. The van der Waals surface area contributed by atoms with E-state index in [9.17, 15) is 9.59 Å². The van der Waals surface area contributed by atoms with Gasteiger partial charge in [0.2, 0.25) is 11.8 Å². The third-order valence-corrected chi connectivity index (χ3v) is 5.68. The second-order valence-corrected chi connectivity index (χ2v) is 7.75. The highest BCUT2D eigenvalue weighted by molar-refractivity contribution is 5.80. The van der Waals surface area contributed by atoms with Gasteiger partial charge in [0.05, 0.1) is 6.54 Å². The fraction of sp³-hybridized carbons (Fsp3) is 0.889. The van der Waals surface area contributed by atoms with Crippen molar-refractivity contribution in [3.8, 4) is 0 Å². The van der Waals surface area contributed by atoms with Gasteiger partial charge in [0.15, 0.2) is 0 Å². The van der Waals surface area contributed by atoms with E-state index >= 15 is 0 Å². The Hall–Kier alpha value is -1.10. The smallest absolute Gasteiger partial charge is 0.237 e. The summed E-state index contributed by atoms with van der Waals surface area (Å²) in [5.41, 5.74) is 0. The molecule has 0 spiro atoms. The van der Waals surface area contributed by atoms with Crippen molar-refractivity contribution in [2.75, 3.05) is 33.7 Å². The lowest BCUT2D eigenvalue weighted by Crippen LogP contribution is -2.48. The molecule has 0 bridgehead atoms. The molecule has 0 atom stereocenters. The summed E-state index contributed by atoms with van der Waals surface area (Å²) < 4.78 is 0. The molecule has 23 heavy (non-hydrogen) atoms. The van der Waals surface area contributed by atoms with Gasteiger partial charge in [0.1, 0.15) is 0 Å². The SMILES string of the molecule is CN(C)C(=O)C1CCN(CC(=O)N(C2CCCC2)C2CC2)CC1. The molecule has 0 unspecified atom stereocenters. The first-order chi connectivity index (χ1) is 11.1. The van der Waals surface area contributed by atoms with E-state index in [1.165, 1.54) is 38.5 Å². The summed E-state index contributed by atoms with van der Waals surface area (Å²) in [5, 5.41) is 0. The summed E-state index contributed by atoms with van der Waals surface area (Å²) in [6.07, 6.45) is 9.11. The Morgan fingerprint density at radius 3 is 2.00 bits per heavy atom. The maximum absolute atomic E-state index is 12.8. The van der Waals surface area contributed by atoms with Crippen LogP contribution in [0.15, 0.2) is 0 Å². The second kappa shape index (κ2) is 7.20. The first-order valence-electron chi connectivity index (χ1n) is 9.31. The lowest BCUT2D eigenvalue weighted by Gasteiger charge is -2.35. The fourth-order valence-corrected chi connectivity index (χ4v) is 4.22. The van der Waals surface area contributed by atoms with E-state index in [1.54, 1.807) is 4.90 Å². The van der Waals surface area contributed by atoms with Gasteiger partial charge in [-0.3, -0.25) is 14.5 Å². The number of carbonyl (C=O) groups is 2. The molecule has 1 saturated heterocycles. The number of rotatable bonds is 5. The highest BCUT2D eigenvalue weighted by Crippen LogP contribution is 2.34. The third-order valence-electron chi connectivity index (χ3n) is 5.68. The maximum Gasteiger partial charge on any atom is 0.237 e.